The van der Waals surface area contributed by atoms with Crippen LogP contribution < -0.4 is 14.2 Å². The predicted molar refractivity (Wildman–Crippen MR) is 94.9 cm³/mol. The molecule has 0 saturated carbocycles. The van der Waals surface area contributed by atoms with Gasteiger partial charge in [0, 0.05) is 6.07 Å². The molecule has 3 rings (SSSR count). The second-order valence-corrected chi connectivity index (χ2v) is 7.12. The number of ether oxygens (including phenoxy) is 3. The maximum absolute atomic E-state index is 11.1. The van der Waals surface area contributed by atoms with Gasteiger partial charge in [0.05, 0.1) is 31.3 Å². The smallest absolute Gasteiger partial charge is 0.329 e. The average Bonchev–Trinajstić information content (AvgIpc) is 2.61. The number of rotatable bonds is 6. The first-order valence-electron chi connectivity index (χ1n) is 7.58. The van der Waals surface area contributed by atoms with Gasteiger partial charge in [-0.3, -0.25) is 4.57 Å². The molecular weight excluding hydrogens is 359 g/mol. The van der Waals surface area contributed by atoms with Crippen LogP contribution in [0.3, 0.4) is 0 Å². The van der Waals surface area contributed by atoms with E-state index in [-0.39, 0.29) is 6.16 Å². The number of benzene rings is 2. The van der Waals surface area contributed by atoms with Gasteiger partial charge in [0.2, 0.25) is 5.88 Å². The lowest BCUT2D eigenvalue weighted by Gasteiger charge is -2.11. The summed E-state index contributed by atoms with van der Waals surface area (Å²) in [6, 6.07) is 9.90. The Morgan fingerprint density at radius 1 is 1.00 bits per heavy atom. The van der Waals surface area contributed by atoms with E-state index in [0.717, 1.165) is 0 Å². The lowest BCUT2D eigenvalue weighted by atomic mass is 10.2. The summed E-state index contributed by atoms with van der Waals surface area (Å²) in [4.78, 5) is 26.4. The minimum absolute atomic E-state index is 0.319. The standard InChI is InChI=1S/C17H17N2O6P/c1-23-15-7-13-14(8-16(15)24-2)18-10-19-17(13)25-12-5-3-11(4-6-12)9-26(20,21)22/h3-8,10H,9H2,1-2H3,(H2,20,21,22). The van der Waals surface area contributed by atoms with Crippen molar-refractivity contribution in [3.63, 3.8) is 0 Å². The van der Waals surface area contributed by atoms with Crippen LogP contribution in [0.1, 0.15) is 5.56 Å². The molecule has 0 aliphatic carbocycles. The minimum Gasteiger partial charge on any atom is -0.493 e. The first kappa shape index (κ1) is 18.1. The molecule has 2 N–H and O–H groups in total. The van der Waals surface area contributed by atoms with Gasteiger partial charge in [-0.25, -0.2) is 9.97 Å². The molecule has 0 aliphatic rings. The zero-order valence-electron chi connectivity index (χ0n) is 14.1. The molecule has 0 amide bonds. The molecule has 0 spiro atoms. The number of hydrogen-bond donors (Lipinski definition) is 2. The van der Waals surface area contributed by atoms with Crippen molar-refractivity contribution < 1.29 is 28.6 Å². The fourth-order valence-electron chi connectivity index (χ4n) is 2.45. The Kier molecular flexibility index (Phi) is 5.08. The van der Waals surface area contributed by atoms with Crippen LogP contribution in [0.5, 0.6) is 23.1 Å². The van der Waals surface area contributed by atoms with Crippen molar-refractivity contribution in [2.45, 2.75) is 6.16 Å². The van der Waals surface area contributed by atoms with E-state index in [4.69, 9.17) is 24.0 Å². The predicted octanol–water partition coefficient (Wildman–Crippen LogP) is 3.12. The highest BCUT2D eigenvalue weighted by molar-refractivity contribution is 7.50. The van der Waals surface area contributed by atoms with Crippen molar-refractivity contribution in [3.05, 3.63) is 48.3 Å². The van der Waals surface area contributed by atoms with Crippen LogP contribution in [0.4, 0.5) is 0 Å². The van der Waals surface area contributed by atoms with Crippen LogP contribution in [-0.4, -0.2) is 34.0 Å². The SMILES string of the molecule is COc1cc2ncnc(Oc3ccc(CP(=O)(O)O)cc3)c2cc1OC. The summed E-state index contributed by atoms with van der Waals surface area (Å²) >= 11 is 0. The third kappa shape index (κ3) is 4.11. The average molecular weight is 376 g/mol. The highest BCUT2D eigenvalue weighted by Gasteiger charge is 2.15. The highest BCUT2D eigenvalue weighted by Crippen LogP contribution is 2.40. The largest absolute Gasteiger partial charge is 0.493 e. The van der Waals surface area contributed by atoms with Gasteiger partial charge in [-0.2, -0.15) is 0 Å². The van der Waals surface area contributed by atoms with Gasteiger partial charge in [0.25, 0.3) is 0 Å². The molecule has 1 heterocycles. The fraction of sp³-hybridized carbons (Fsp3) is 0.176. The maximum Gasteiger partial charge on any atom is 0.329 e. The van der Waals surface area contributed by atoms with Gasteiger partial charge < -0.3 is 24.0 Å². The van der Waals surface area contributed by atoms with Gasteiger partial charge in [0.15, 0.2) is 11.5 Å². The highest BCUT2D eigenvalue weighted by atomic mass is 31.2. The molecule has 0 aliphatic heterocycles. The summed E-state index contributed by atoms with van der Waals surface area (Å²) in [5.74, 6) is 1.89. The molecule has 0 radical (unpaired) electrons. The zero-order valence-corrected chi connectivity index (χ0v) is 15.0. The molecule has 0 atom stereocenters. The molecule has 2 aromatic carbocycles. The fourth-order valence-corrected chi connectivity index (χ4v) is 3.14. The first-order valence-corrected chi connectivity index (χ1v) is 9.37. The molecule has 9 heteroatoms. The Morgan fingerprint density at radius 3 is 2.27 bits per heavy atom. The normalized spacial score (nSPS) is 11.4. The number of methoxy groups -OCH3 is 2. The molecule has 26 heavy (non-hydrogen) atoms. The molecule has 0 bridgehead atoms. The lowest BCUT2D eigenvalue weighted by molar-refractivity contribution is 0.355. The van der Waals surface area contributed by atoms with Crippen molar-refractivity contribution in [3.8, 4) is 23.1 Å². The summed E-state index contributed by atoms with van der Waals surface area (Å²) in [7, 11) is -1.03. The second kappa shape index (κ2) is 7.29. The first-order chi connectivity index (χ1) is 12.4. The van der Waals surface area contributed by atoms with Crippen molar-refractivity contribution >= 4 is 18.5 Å². The van der Waals surface area contributed by atoms with Crippen LogP contribution in [0.25, 0.3) is 10.9 Å². The monoisotopic (exact) mass is 376 g/mol. The summed E-state index contributed by atoms with van der Waals surface area (Å²) in [6.07, 6.45) is 1.06. The van der Waals surface area contributed by atoms with Gasteiger partial charge in [-0.15, -0.1) is 0 Å². The zero-order chi connectivity index (χ0) is 18.7. The quantitative estimate of drug-likeness (QED) is 0.631. The summed E-state index contributed by atoms with van der Waals surface area (Å²) in [6.45, 7) is 0. The van der Waals surface area contributed by atoms with Crippen molar-refractivity contribution in [1.82, 2.24) is 9.97 Å². The molecule has 8 nitrogen and oxygen atoms in total. The summed E-state index contributed by atoms with van der Waals surface area (Å²) in [5.41, 5.74) is 1.15. The van der Waals surface area contributed by atoms with E-state index in [2.05, 4.69) is 9.97 Å². The van der Waals surface area contributed by atoms with E-state index in [9.17, 15) is 4.57 Å². The van der Waals surface area contributed by atoms with E-state index in [0.29, 0.717) is 39.6 Å². The van der Waals surface area contributed by atoms with Gasteiger partial charge in [-0.1, -0.05) is 12.1 Å². The van der Waals surface area contributed by atoms with Gasteiger partial charge >= 0.3 is 7.60 Å². The van der Waals surface area contributed by atoms with Crippen molar-refractivity contribution in [2.24, 2.45) is 0 Å². The van der Waals surface area contributed by atoms with Gasteiger partial charge in [-0.05, 0) is 23.8 Å². The van der Waals surface area contributed by atoms with Crippen LogP contribution in [0.2, 0.25) is 0 Å². The number of fused-ring (bicyclic) bond motifs is 1. The molecule has 3 aromatic rings. The van der Waals surface area contributed by atoms with E-state index in [1.807, 2.05) is 0 Å². The second-order valence-electron chi connectivity index (χ2n) is 5.47. The Morgan fingerprint density at radius 2 is 1.65 bits per heavy atom. The number of hydrogen-bond acceptors (Lipinski definition) is 6. The number of aromatic nitrogens is 2. The van der Waals surface area contributed by atoms with Gasteiger partial charge in [0.1, 0.15) is 12.1 Å². The molecule has 0 unspecified atom stereocenters. The minimum atomic E-state index is -4.11. The molecule has 136 valence electrons. The van der Waals surface area contributed by atoms with Crippen LogP contribution in [0, 0.1) is 0 Å². The Balaban J connectivity index is 1.92. The molecule has 0 saturated heterocycles. The Bertz CT molecular complexity index is 971. The summed E-state index contributed by atoms with van der Waals surface area (Å²) in [5, 5.41) is 0.643. The Hall–Kier alpha value is -2.67. The Labute approximate surface area is 149 Å². The van der Waals surface area contributed by atoms with Crippen molar-refractivity contribution in [2.75, 3.05) is 14.2 Å². The lowest BCUT2D eigenvalue weighted by Crippen LogP contribution is -1.95. The third-order valence-corrected chi connectivity index (χ3v) is 4.41. The summed E-state index contributed by atoms with van der Waals surface area (Å²) < 4.78 is 27.4. The maximum atomic E-state index is 11.1. The number of nitrogens with zero attached hydrogens (tertiary/aromatic N) is 2. The molecular formula is C17H17N2O6P. The van der Waals surface area contributed by atoms with Crippen LogP contribution >= 0.6 is 7.60 Å². The molecule has 1 aromatic heterocycles. The topological polar surface area (TPSA) is 111 Å². The van der Waals surface area contributed by atoms with E-state index in [1.54, 1.807) is 43.5 Å². The van der Waals surface area contributed by atoms with E-state index >= 15 is 0 Å². The third-order valence-electron chi connectivity index (χ3n) is 3.63. The van der Waals surface area contributed by atoms with E-state index in [1.165, 1.54) is 13.4 Å². The van der Waals surface area contributed by atoms with Crippen LogP contribution in [-0.2, 0) is 10.7 Å². The van der Waals surface area contributed by atoms with E-state index < -0.39 is 7.60 Å². The molecule has 0 fully saturated rings. The van der Waals surface area contributed by atoms with Crippen LogP contribution in [0.15, 0.2) is 42.7 Å². The van der Waals surface area contributed by atoms with Crippen molar-refractivity contribution in [1.29, 1.82) is 0 Å².